The third-order valence-corrected chi connectivity index (χ3v) is 3.22. The summed E-state index contributed by atoms with van der Waals surface area (Å²) in [6.07, 6.45) is 1.64. The maximum Gasteiger partial charge on any atom is 0.414 e. The molecule has 0 bridgehead atoms. The summed E-state index contributed by atoms with van der Waals surface area (Å²) in [4.78, 5) is 13.8. The van der Waals surface area contributed by atoms with Crippen molar-refractivity contribution in [3.05, 3.63) is 11.8 Å². The van der Waals surface area contributed by atoms with Crippen molar-refractivity contribution >= 4 is 6.09 Å². The molecule has 2 rings (SSSR count). The molecule has 1 amide bonds. The van der Waals surface area contributed by atoms with Crippen molar-refractivity contribution in [2.24, 2.45) is 5.41 Å². The maximum atomic E-state index is 12.1. The molecule has 0 aromatic heterocycles. The molecule has 0 radical (unpaired) electrons. The fourth-order valence-corrected chi connectivity index (χ4v) is 2.48. The highest BCUT2D eigenvalue weighted by Crippen LogP contribution is 2.33. The molecule has 102 valence electrons. The fraction of sp³-hybridized carbons (Fsp3) is 0.769. The van der Waals surface area contributed by atoms with Gasteiger partial charge in [0.05, 0.1) is 6.04 Å². The molecule has 0 spiro atoms. The summed E-state index contributed by atoms with van der Waals surface area (Å²) >= 11 is 0. The number of rotatable bonds is 0. The molecular formula is C13H23N3O2. The van der Waals surface area contributed by atoms with Gasteiger partial charge in [-0.05, 0) is 26.3 Å². The van der Waals surface area contributed by atoms with Crippen LogP contribution in [0.25, 0.3) is 0 Å². The summed E-state index contributed by atoms with van der Waals surface area (Å²) in [5.41, 5.74) is 7.13. The van der Waals surface area contributed by atoms with Gasteiger partial charge in [-0.1, -0.05) is 13.8 Å². The standard InChI is InChI=1S/C13H23N3O2/c1-12(2,3)18-11(17)16-7-9-6-14-15-10(9)13(4,5)8-16/h7,10,14-15H,6,8H2,1-5H3/t10-/m0/s1. The molecule has 2 heterocycles. The van der Waals surface area contributed by atoms with E-state index in [9.17, 15) is 4.79 Å². The van der Waals surface area contributed by atoms with Gasteiger partial charge in [0.25, 0.3) is 0 Å². The van der Waals surface area contributed by atoms with Crippen LogP contribution in [0.4, 0.5) is 4.79 Å². The van der Waals surface area contributed by atoms with Gasteiger partial charge >= 0.3 is 6.09 Å². The lowest BCUT2D eigenvalue weighted by Gasteiger charge is -2.40. The Kier molecular flexibility index (Phi) is 3.15. The number of amides is 1. The SMILES string of the molecule is CC(C)(C)OC(=O)N1C=C2CNN[C@@H]2C(C)(C)C1. The third-order valence-electron chi connectivity index (χ3n) is 3.22. The number of hydrogen-bond donors (Lipinski definition) is 2. The fourth-order valence-electron chi connectivity index (χ4n) is 2.48. The molecule has 2 aliphatic rings. The van der Waals surface area contributed by atoms with E-state index in [-0.39, 0.29) is 17.6 Å². The van der Waals surface area contributed by atoms with E-state index in [0.717, 1.165) is 6.54 Å². The molecule has 18 heavy (non-hydrogen) atoms. The molecule has 0 unspecified atom stereocenters. The number of hydrazine groups is 1. The van der Waals surface area contributed by atoms with Crippen LogP contribution in [0.1, 0.15) is 34.6 Å². The third kappa shape index (κ3) is 2.67. The Bertz CT molecular complexity index is 382. The molecule has 0 aromatic rings. The van der Waals surface area contributed by atoms with Crippen molar-refractivity contribution in [1.82, 2.24) is 15.8 Å². The predicted molar refractivity (Wildman–Crippen MR) is 69.7 cm³/mol. The molecule has 0 aliphatic carbocycles. The lowest BCUT2D eigenvalue weighted by molar-refractivity contribution is 0.0240. The van der Waals surface area contributed by atoms with Gasteiger partial charge in [0.2, 0.25) is 0 Å². The molecule has 1 atom stereocenters. The normalized spacial score (nSPS) is 26.6. The summed E-state index contributed by atoms with van der Waals surface area (Å²) in [6, 6.07) is 0.288. The lowest BCUT2D eigenvalue weighted by atomic mass is 9.79. The molecule has 5 nitrogen and oxygen atoms in total. The molecule has 0 saturated carbocycles. The zero-order valence-corrected chi connectivity index (χ0v) is 11.8. The van der Waals surface area contributed by atoms with Crippen molar-refractivity contribution in [2.45, 2.75) is 46.3 Å². The van der Waals surface area contributed by atoms with Crippen molar-refractivity contribution in [2.75, 3.05) is 13.1 Å². The monoisotopic (exact) mass is 253 g/mol. The van der Waals surface area contributed by atoms with Crippen molar-refractivity contribution in [3.8, 4) is 0 Å². The van der Waals surface area contributed by atoms with Crippen LogP contribution in [0.15, 0.2) is 11.8 Å². The Morgan fingerprint density at radius 3 is 2.78 bits per heavy atom. The first kappa shape index (κ1) is 13.4. The summed E-state index contributed by atoms with van der Waals surface area (Å²) in [6.45, 7) is 11.4. The van der Waals surface area contributed by atoms with Crippen LogP contribution >= 0.6 is 0 Å². The molecule has 2 N–H and O–H groups in total. The summed E-state index contributed by atoms with van der Waals surface area (Å²) in [5, 5.41) is 0. The Morgan fingerprint density at radius 2 is 2.17 bits per heavy atom. The Morgan fingerprint density at radius 1 is 1.50 bits per heavy atom. The zero-order chi connectivity index (χ0) is 13.6. The number of ether oxygens (including phenoxy) is 1. The molecule has 5 heteroatoms. The highest BCUT2D eigenvalue weighted by Gasteiger charge is 2.42. The Hall–Kier alpha value is -1.07. The lowest BCUT2D eigenvalue weighted by Crippen LogP contribution is -2.51. The smallest absolute Gasteiger partial charge is 0.414 e. The van der Waals surface area contributed by atoms with E-state index in [4.69, 9.17) is 4.74 Å². The van der Waals surface area contributed by atoms with Crippen LogP contribution in [0.2, 0.25) is 0 Å². The summed E-state index contributed by atoms with van der Waals surface area (Å²) in [5.74, 6) is 0. The van der Waals surface area contributed by atoms with Gasteiger partial charge in [-0.3, -0.25) is 10.3 Å². The first-order chi connectivity index (χ1) is 8.19. The van der Waals surface area contributed by atoms with E-state index in [1.54, 1.807) is 4.90 Å². The largest absolute Gasteiger partial charge is 0.443 e. The highest BCUT2D eigenvalue weighted by molar-refractivity contribution is 5.70. The van der Waals surface area contributed by atoms with Crippen LogP contribution < -0.4 is 10.9 Å². The average Bonchev–Trinajstić information content (AvgIpc) is 2.62. The molecular weight excluding hydrogens is 230 g/mol. The summed E-state index contributed by atoms with van der Waals surface area (Å²) in [7, 11) is 0. The second-order valence-electron chi connectivity index (χ2n) is 6.73. The van der Waals surface area contributed by atoms with Crippen LogP contribution in [0.3, 0.4) is 0 Å². The van der Waals surface area contributed by atoms with Gasteiger partial charge in [-0.15, -0.1) is 0 Å². The first-order valence-corrected chi connectivity index (χ1v) is 6.38. The van der Waals surface area contributed by atoms with Crippen molar-refractivity contribution in [1.29, 1.82) is 0 Å². The van der Waals surface area contributed by atoms with Crippen LogP contribution in [0, 0.1) is 5.41 Å². The highest BCUT2D eigenvalue weighted by atomic mass is 16.6. The zero-order valence-electron chi connectivity index (χ0n) is 11.8. The molecule has 1 fully saturated rings. The average molecular weight is 253 g/mol. The van der Waals surface area contributed by atoms with Gasteiger partial charge in [0.1, 0.15) is 5.60 Å². The number of fused-ring (bicyclic) bond motifs is 1. The summed E-state index contributed by atoms with van der Waals surface area (Å²) < 4.78 is 5.42. The van der Waals surface area contributed by atoms with E-state index in [0.29, 0.717) is 6.54 Å². The van der Waals surface area contributed by atoms with E-state index < -0.39 is 5.60 Å². The quantitative estimate of drug-likeness (QED) is 0.689. The minimum Gasteiger partial charge on any atom is -0.443 e. The number of hydrogen-bond acceptors (Lipinski definition) is 4. The number of nitrogens with zero attached hydrogens (tertiary/aromatic N) is 1. The van der Waals surface area contributed by atoms with Gasteiger partial charge in [-0.25, -0.2) is 10.2 Å². The maximum absolute atomic E-state index is 12.1. The van der Waals surface area contributed by atoms with E-state index in [2.05, 4.69) is 24.7 Å². The predicted octanol–water partition coefficient (Wildman–Crippen LogP) is 1.62. The van der Waals surface area contributed by atoms with E-state index in [1.165, 1.54) is 5.57 Å². The second kappa shape index (κ2) is 4.24. The van der Waals surface area contributed by atoms with Gasteiger partial charge in [0.15, 0.2) is 0 Å². The minimum atomic E-state index is -0.456. The Labute approximate surface area is 109 Å². The topological polar surface area (TPSA) is 53.6 Å². The van der Waals surface area contributed by atoms with E-state index in [1.807, 2.05) is 27.0 Å². The second-order valence-corrected chi connectivity index (χ2v) is 6.73. The number of carbonyl (C=O) groups excluding carboxylic acids is 1. The van der Waals surface area contributed by atoms with Crippen molar-refractivity contribution < 1.29 is 9.53 Å². The van der Waals surface area contributed by atoms with E-state index >= 15 is 0 Å². The Balaban J connectivity index is 2.16. The first-order valence-electron chi connectivity index (χ1n) is 6.38. The van der Waals surface area contributed by atoms with Crippen LogP contribution in [-0.2, 0) is 4.74 Å². The van der Waals surface area contributed by atoms with Gasteiger partial charge in [0, 0.05) is 24.7 Å². The molecule has 2 aliphatic heterocycles. The molecule has 1 saturated heterocycles. The van der Waals surface area contributed by atoms with Gasteiger partial charge in [-0.2, -0.15) is 0 Å². The number of carbonyl (C=O) groups is 1. The minimum absolute atomic E-state index is 0.00944. The molecule has 0 aromatic carbocycles. The van der Waals surface area contributed by atoms with Crippen molar-refractivity contribution in [3.63, 3.8) is 0 Å². The van der Waals surface area contributed by atoms with Crippen LogP contribution in [0.5, 0.6) is 0 Å². The van der Waals surface area contributed by atoms with Gasteiger partial charge < -0.3 is 4.74 Å². The van der Waals surface area contributed by atoms with Crippen LogP contribution in [-0.4, -0.2) is 35.7 Å². The number of nitrogens with one attached hydrogen (secondary N) is 2.